The van der Waals surface area contributed by atoms with Crippen molar-refractivity contribution in [3.8, 4) is 12.5 Å². The number of nitrogens with one attached hydrogen (secondary N) is 2. The third-order valence-corrected chi connectivity index (χ3v) is 5.46. The number of sulfone groups is 1. The molecule has 2 aromatic carbocycles. The molecule has 0 aliphatic rings. The average Bonchev–Trinajstić information content (AvgIpc) is 3.08. The first kappa shape index (κ1) is 20.4. The lowest BCUT2D eigenvalue weighted by Crippen LogP contribution is -2.12. The monoisotopic (exact) mass is 432 g/mol. The lowest BCUT2D eigenvalue weighted by molar-refractivity contribution is 0.601. The Balaban J connectivity index is 1.61. The minimum Gasteiger partial charge on any atom is -0.324 e. The molecule has 0 atom stereocenters. The van der Waals surface area contributed by atoms with Gasteiger partial charge in [0.25, 0.3) is 0 Å². The third kappa shape index (κ3) is 4.65. The van der Waals surface area contributed by atoms with Crippen molar-refractivity contribution < 1.29 is 8.42 Å². The summed E-state index contributed by atoms with van der Waals surface area (Å²) in [5.41, 5.74) is 3.91. The molecule has 0 saturated heterocycles. The molecule has 156 valence electrons. The molecule has 0 fully saturated rings. The van der Waals surface area contributed by atoms with Crippen molar-refractivity contribution in [1.29, 1.82) is 0 Å². The standard InChI is InChI=1S/C22H20N6O2S/c1-4-28(18-8-9-19-15(2)26-27-20(19)13-18)21-10-11-23-22(25-21)24-17-7-5-6-16(12-17)14-31(3,29)30/h1,5-13H,14H2,2-3H3,(H,26,27)(H,23,24,25). The Morgan fingerprint density at radius 3 is 2.81 bits per heavy atom. The van der Waals surface area contributed by atoms with Crippen molar-refractivity contribution >= 4 is 43.9 Å². The molecule has 4 aromatic rings. The topological polar surface area (TPSA) is 104 Å². The summed E-state index contributed by atoms with van der Waals surface area (Å²) in [6.45, 7) is 1.96. The number of hydrogen-bond donors (Lipinski definition) is 2. The van der Waals surface area contributed by atoms with Gasteiger partial charge in [0.15, 0.2) is 9.84 Å². The van der Waals surface area contributed by atoms with Crippen LogP contribution in [0.5, 0.6) is 0 Å². The molecular weight excluding hydrogens is 412 g/mol. The van der Waals surface area contributed by atoms with E-state index in [1.165, 1.54) is 6.26 Å². The Morgan fingerprint density at radius 2 is 2.03 bits per heavy atom. The molecule has 0 amide bonds. The number of benzene rings is 2. The largest absolute Gasteiger partial charge is 0.324 e. The Hall–Kier alpha value is -3.90. The van der Waals surface area contributed by atoms with Crippen LogP contribution in [0, 0.1) is 19.4 Å². The second-order valence-electron chi connectivity index (χ2n) is 7.15. The number of nitrogens with zero attached hydrogens (tertiary/aromatic N) is 4. The number of terminal acetylenes is 1. The highest BCUT2D eigenvalue weighted by molar-refractivity contribution is 7.89. The molecule has 2 aromatic heterocycles. The number of hydrogen-bond acceptors (Lipinski definition) is 7. The number of rotatable bonds is 6. The van der Waals surface area contributed by atoms with Crippen LogP contribution in [0.25, 0.3) is 10.9 Å². The first-order valence-electron chi connectivity index (χ1n) is 9.40. The summed E-state index contributed by atoms with van der Waals surface area (Å²) in [6, 6.07) is 17.2. The van der Waals surface area contributed by atoms with Gasteiger partial charge < -0.3 is 5.32 Å². The summed E-state index contributed by atoms with van der Waals surface area (Å²) >= 11 is 0. The molecule has 2 heterocycles. The van der Waals surface area contributed by atoms with Crippen LogP contribution in [-0.2, 0) is 15.6 Å². The van der Waals surface area contributed by atoms with Gasteiger partial charge in [-0.3, -0.25) is 10.00 Å². The molecule has 2 N–H and O–H groups in total. The normalized spacial score (nSPS) is 11.3. The molecule has 0 aliphatic carbocycles. The van der Waals surface area contributed by atoms with Crippen LogP contribution in [0.4, 0.5) is 23.1 Å². The molecule has 8 nitrogen and oxygen atoms in total. The van der Waals surface area contributed by atoms with E-state index in [1.54, 1.807) is 35.4 Å². The van der Waals surface area contributed by atoms with Gasteiger partial charge in [-0.15, -0.1) is 0 Å². The SMILES string of the molecule is C#CN(c1ccc2c(C)[nH]nc2c1)c1ccnc(Nc2cccc(CS(C)(=O)=O)c2)n1. The van der Waals surface area contributed by atoms with Gasteiger partial charge in [-0.25, -0.2) is 13.4 Å². The predicted molar refractivity (Wildman–Crippen MR) is 122 cm³/mol. The molecule has 4 rings (SSSR count). The van der Waals surface area contributed by atoms with Gasteiger partial charge in [0.1, 0.15) is 5.82 Å². The van der Waals surface area contributed by atoms with Crippen LogP contribution in [0.2, 0.25) is 0 Å². The summed E-state index contributed by atoms with van der Waals surface area (Å²) in [5, 5.41) is 11.4. The lowest BCUT2D eigenvalue weighted by atomic mass is 10.2. The second kappa shape index (κ2) is 8.08. The number of H-pyrrole nitrogens is 1. The fraction of sp³-hybridized carbons (Fsp3) is 0.136. The first-order valence-corrected chi connectivity index (χ1v) is 11.5. The van der Waals surface area contributed by atoms with Crippen molar-refractivity contribution in [1.82, 2.24) is 20.2 Å². The number of anilines is 4. The maximum Gasteiger partial charge on any atom is 0.229 e. The van der Waals surface area contributed by atoms with Crippen LogP contribution < -0.4 is 10.2 Å². The van der Waals surface area contributed by atoms with Gasteiger partial charge in [-0.1, -0.05) is 18.6 Å². The van der Waals surface area contributed by atoms with Crippen molar-refractivity contribution in [3.63, 3.8) is 0 Å². The van der Waals surface area contributed by atoms with E-state index in [4.69, 9.17) is 6.42 Å². The quantitative estimate of drug-likeness (QED) is 0.354. The van der Waals surface area contributed by atoms with E-state index in [9.17, 15) is 8.42 Å². The number of aryl methyl sites for hydroxylation is 1. The highest BCUT2D eigenvalue weighted by Gasteiger charge is 2.12. The van der Waals surface area contributed by atoms with Gasteiger partial charge in [0, 0.05) is 41.3 Å². The first-order chi connectivity index (χ1) is 14.8. The van der Waals surface area contributed by atoms with Crippen molar-refractivity contribution in [2.75, 3.05) is 16.5 Å². The van der Waals surface area contributed by atoms with Crippen molar-refractivity contribution in [2.24, 2.45) is 0 Å². The molecular formula is C22H20N6O2S. The minimum absolute atomic E-state index is 0.0383. The van der Waals surface area contributed by atoms with E-state index in [0.29, 0.717) is 23.0 Å². The Labute approximate surface area is 180 Å². The molecule has 0 saturated carbocycles. The predicted octanol–water partition coefficient (Wildman–Crippen LogP) is 3.68. The van der Waals surface area contributed by atoms with E-state index in [0.717, 1.165) is 22.3 Å². The molecule has 0 unspecified atom stereocenters. The fourth-order valence-corrected chi connectivity index (χ4v) is 4.04. The van der Waals surface area contributed by atoms with E-state index in [-0.39, 0.29) is 5.75 Å². The van der Waals surface area contributed by atoms with E-state index >= 15 is 0 Å². The average molecular weight is 433 g/mol. The number of fused-ring (bicyclic) bond motifs is 1. The van der Waals surface area contributed by atoms with Crippen molar-refractivity contribution in [2.45, 2.75) is 12.7 Å². The van der Waals surface area contributed by atoms with Gasteiger partial charge >= 0.3 is 0 Å². The Bertz CT molecular complexity index is 1410. The zero-order chi connectivity index (χ0) is 22.0. The maximum absolute atomic E-state index is 11.6. The maximum atomic E-state index is 11.6. The van der Waals surface area contributed by atoms with Crippen LogP contribution in [-0.4, -0.2) is 34.8 Å². The van der Waals surface area contributed by atoms with Crippen molar-refractivity contribution in [3.05, 3.63) is 66.0 Å². The van der Waals surface area contributed by atoms with Gasteiger partial charge in [0.05, 0.1) is 17.0 Å². The summed E-state index contributed by atoms with van der Waals surface area (Å²) < 4.78 is 23.1. The summed E-state index contributed by atoms with van der Waals surface area (Å²) in [5.74, 6) is 0.813. The van der Waals surface area contributed by atoms with Crippen LogP contribution in [0.15, 0.2) is 54.7 Å². The zero-order valence-corrected chi connectivity index (χ0v) is 17.8. The smallest absolute Gasteiger partial charge is 0.229 e. The lowest BCUT2D eigenvalue weighted by Gasteiger charge is -2.17. The second-order valence-corrected chi connectivity index (χ2v) is 9.29. The number of aromatic amines is 1. The van der Waals surface area contributed by atoms with Gasteiger partial charge in [-0.2, -0.15) is 10.1 Å². The number of aromatic nitrogens is 4. The summed E-state index contributed by atoms with van der Waals surface area (Å²) in [7, 11) is -3.13. The molecule has 0 bridgehead atoms. The minimum atomic E-state index is -3.13. The summed E-state index contributed by atoms with van der Waals surface area (Å²) in [6.07, 6.45) is 8.59. The van der Waals surface area contributed by atoms with E-state index in [1.807, 2.05) is 31.2 Å². The highest BCUT2D eigenvalue weighted by atomic mass is 32.2. The molecule has 9 heteroatoms. The fourth-order valence-electron chi connectivity index (χ4n) is 3.25. The highest BCUT2D eigenvalue weighted by Crippen LogP contribution is 2.28. The molecule has 0 radical (unpaired) electrons. The third-order valence-electron chi connectivity index (χ3n) is 4.60. The van der Waals surface area contributed by atoms with Crippen LogP contribution in [0.3, 0.4) is 0 Å². The molecule has 0 aliphatic heterocycles. The Kier molecular flexibility index (Phi) is 5.31. The molecule has 31 heavy (non-hydrogen) atoms. The zero-order valence-electron chi connectivity index (χ0n) is 17.0. The van der Waals surface area contributed by atoms with Gasteiger partial charge in [0.2, 0.25) is 5.95 Å². The summed E-state index contributed by atoms with van der Waals surface area (Å²) in [4.78, 5) is 10.4. The van der Waals surface area contributed by atoms with E-state index < -0.39 is 9.84 Å². The van der Waals surface area contributed by atoms with Crippen LogP contribution >= 0.6 is 0 Å². The van der Waals surface area contributed by atoms with Gasteiger partial charge in [-0.05, 0) is 42.8 Å². The Morgan fingerprint density at radius 1 is 1.19 bits per heavy atom. The molecule has 0 spiro atoms. The van der Waals surface area contributed by atoms with E-state index in [2.05, 4.69) is 31.5 Å². The van der Waals surface area contributed by atoms with Crippen LogP contribution in [0.1, 0.15) is 11.3 Å².